The second-order valence-electron chi connectivity index (χ2n) is 5.06. The Morgan fingerprint density at radius 3 is 2.55 bits per heavy atom. The van der Waals surface area contributed by atoms with Crippen molar-refractivity contribution in [3.8, 4) is 0 Å². The molecular weight excluding hydrogens is 369 g/mol. The van der Waals surface area contributed by atoms with E-state index in [4.69, 9.17) is 39.2 Å². The molecule has 22 heavy (non-hydrogen) atoms. The molecular formula is C14H12Cl3NO3S. The number of fused-ring (bicyclic) bond motifs is 1. The fraction of sp³-hybridized carbons (Fsp3) is 0.286. The maximum atomic E-state index is 12.6. The van der Waals surface area contributed by atoms with Crippen molar-refractivity contribution >= 4 is 44.8 Å². The molecule has 0 saturated carbocycles. The Kier molecular flexibility index (Phi) is 4.45. The molecule has 1 aromatic carbocycles. The lowest BCUT2D eigenvalue weighted by atomic mass is 9.94. The van der Waals surface area contributed by atoms with E-state index in [1.54, 1.807) is 12.3 Å². The molecule has 0 radical (unpaired) electrons. The Labute approximate surface area is 143 Å². The van der Waals surface area contributed by atoms with Gasteiger partial charge in [0.15, 0.2) is 0 Å². The summed E-state index contributed by atoms with van der Waals surface area (Å²) in [7, 11) is -3.87. The fourth-order valence-electron chi connectivity index (χ4n) is 2.64. The van der Waals surface area contributed by atoms with Gasteiger partial charge in [0, 0.05) is 17.0 Å². The molecule has 0 saturated heterocycles. The second-order valence-corrected chi connectivity index (χ2v) is 7.97. The molecule has 0 spiro atoms. The van der Waals surface area contributed by atoms with Crippen molar-refractivity contribution in [1.29, 1.82) is 0 Å². The van der Waals surface area contributed by atoms with E-state index in [9.17, 15) is 8.42 Å². The Balaban J connectivity index is 1.96. The lowest BCUT2D eigenvalue weighted by Gasteiger charge is -2.23. The Hall–Kier alpha value is -0.720. The quantitative estimate of drug-likeness (QED) is 0.847. The largest absolute Gasteiger partial charge is 0.469 e. The van der Waals surface area contributed by atoms with Crippen molar-refractivity contribution in [2.45, 2.75) is 30.2 Å². The standard InChI is InChI=1S/C14H12Cl3NO3S/c15-8-6-10(16)14(11(17)7-8)22(19,20)18-12-2-1-3-13-9(12)4-5-21-13/h4-7,12,18H,1-3H2. The van der Waals surface area contributed by atoms with Crippen LogP contribution in [-0.2, 0) is 16.4 Å². The maximum Gasteiger partial charge on any atom is 0.244 e. The van der Waals surface area contributed by atoms with E-state index in [0.717, 1.165) is 24.2 Å². The van der Waals surface area contributed by atoms with Crippen LogP contribution < -0.4 is 4.72 Å². The number of sulfonamides is 1. The van der Waals surface area contributed by atoms with Gasteiger partial charge in [-0.15, -0.1) is 0 Å². The minimum atomic E-state index is -3.87. The zero-order chi connectivity index (χ0) is 15.9. The van der Waals surface area contributed by atoms with Crippen molar-refractivity contribution in [1.82, 2.24) is 4.72 Å². The van der Waals surface area contributed by atoms with Gasteiger partial charge in [0.2, 0.25) is 10.0 Å². The molecule has 1 N–H and O–H groups in total. The van der Waals surface area contributed by atoms with Crippen LogP contribution in [-0.4, -0.2) is 8.42 Å². The first kappa shape index (κ1) is 16.1. The number of hydrogen-bond donors (Lipinski definition) is 1. The molecule has 8 heteroatoms. The number of aryl methyl sites for hydroxylation is 1. The van der Waals surface area contributed by atoms with E-state index in [2.05, 4.69) is 4.72 Å². The summed E-state index contributed by atoms with van der Waals surface area (Å²) < 4.78 is 33.3. The number of benzene rings is 1. The number of nitrogens with one attached hydrogen (secondary N) is 1. The number of hydrogen-bond acceptors (Lipinski definition) is 3. The molecule has 0 amide bonds. The van der Waals surface area contributed by atoms with Gasteiger partial charge in [-0.1, -0.05) is 34.8 Å². The van der Waals surface area contributed by atoms with Crippen molar-refractivity contribution in [2.75, 3.05) is 0 Å². The third-order valence-corrected chi connectivity index (χ3v) is 6.19. The Morgan fingerprint density at radius 1 is 1.18 bits per heavy atom. The van der Waals surface area contributed by atoms with Gasteiger partial charge in [-0.3, -0.25) is 0 Å². The monoisotopic (exact) mass is 379 g/mol. The fourth-order valence-corrected chi connectivity index (χ4v) is 5.44. The van der Waals surface area contributed by atoms with Gasteiger partial charge in [-0.25, -0.2) is 13.1 Å². The van der Waals surface area contributed by atoms with Crippen LogP contribution in [0.15, 0.2) is 33.8 Å². The van der Waals surface area contributed by atoms with E-state index in [0.29, 0.717) is 6.42 Å². The summed E-state index contributed by atoms with van der Waals surface area (Å²) >= 11 is 17.8. The van der Waals surface area contributed by atoms with Crippen LogP contribution in [0.25, 0.3) is 0 Å². The van der Waals surface area contributed by atoms with Crippen molar-refractivity contribution < 1.29 is 12.8 Å². The minimum Gasteiger partial charge on any atom is -0.469 e. The van der Waals surface area contributed by atoms with Crippen LogP contribution in [0, 0.1) is 0 Å². The Bertz CT molecular complexity index is 793. The molecule has 0 bridgehead atoms. The zero-order valence-electron chi connectivity index (χ0n) is 11.3. The van der Waals surface area contributed by atoms with Crippen LogP contribution in [0.4, 0.5) is 0 Å². The van der Waals surface area contributed by atoms with Crippen molar-refractivity contribution in [3.05, 3.63) is 50.9 Å². The summed E-state index contributed by atoms with van der Waals surface area (Å²) in [6.45, 7) is 0. The van der Waals surface area contributed by atoms with Gasteiger partial charge in [0.1, 0.15) is 10.7 Å². The minimum absolute atomic E-state index is 0.00627. The van der Waals surface area contributed by atoms with E-state index < -0.39 is 10.0 Å². The number of rotatable bonds is 3. The predicted molar refractivity (Wildman–Crippen MR) is 86.2 cm³/mol. The Morgan fingerprint density at radius 2 is 1.86 bits per heavy atom. The third kappa shape index (κ3) is 3.01. The van der Waals surface area contributed by atoms with Crippen LogP contribution in [0.2, 0.25) is 15.1 Å². The highest BCUT2D eigenvalue weighted by Gasteiger charge is 2.30. The SMILES string of the molecule is O=S(=O)(NC1CCCc2occc21)c1c(Cl)cc(Cl)cc1Cl. The lowest BCUT2D eigenvalue weighted by Crippen LogP contribution is -2.31. The molecule has 1 heterocycles. The van der Waals surface area contributed by atoms with Gasteiger partial charge in [0.05, 0.1) is 22.4 Å². The van der Waals surface area contributed by atoms with Crippen LogP contribution in [0.3, 0.4) is 0 Å². The highest BCUT2D eigenvalue weighted by atomic mass is 35.5. The van der Waals surface area contributed by atoms with Crippen LogP contribution >= 0.6 is 34.8 Å². The summed E-state index contributed by atoms with van der Waals surface area (Å²) in [5.41, 5.74) is 0.857. The molecule has 1 atom stereocenters. The van der Waals surface area contributed by atoms with E-state index in [1.165, 1.54) is 12.1 Å². The molecule has 0 fully saturated rings. The summed E-state index contributed by atoms with van der Waals surface area (Å²) in [5.74, 6) is 0.812. The molecule has 1 aliphatic carbocycles. The summed E-state index contributed by atoms with van der Waals surface area (Å²) in [6.07, 6.45) is 3.91. The number of halogens is 3. The third-order valence-electron chi connectivity index (χ3n) is 3.58. The first-order valence-electron chi connectivity index (χ1n) is 6.61. The molecule has 0 aliphatic heterocycles. The molecule has 118 valence electrons. The highest BCUT2D eigenvalue weighted by Crippen LogP contribution is 2.36. The lowest BCUT2D eigenvalue weighted by molar-refractivity contribution is 0.438. The average molecular weight is 381 g/mol. The van der Waals surface area contributed by atoms with Gasteiger partial charge in [-0.05, 0) is 31.0 Å². The van der Waals surface area contributed by atoms with Gasteiger partial charge >= 0.3 is 0 Å². The van der Waals surface area contributed by atoms with Crippen molar-refractivity contribution in [2.24, 2.45) is 0 Å². The first-order valence-corrected chi connectivity index (χ1v) is 9.23. The van der Waals surface area contributed by atoms with E-state index >= 15 is 0 Å². The van der Waals surface area contributed by atoms with Gasteiger partial charge in [0.25, 0.3) is 0 Å². The van der Waals surface area contributed by atoms with Gasteiger partial charge in [-0.2, -0.15) is 0 Å². The van der Waals surface area contributed by atoms with E-state index in [-0.39, 0.29) is 26.0 Å². The molecule has 4 nitrogen and oxygen atoms in total. The summed E-state index contributed by atoms with van der Waals surface area (Å²) in [4.78, 5) is -0.157. The zero-order valence-corrected chi connectivity index (χ0v) is 14.4. The average Bonchev–Trinajstić information content (AvgIpc) is 2.85. The van der Waals surface area contributed by atoms with Gasteiger partial charge < -0.3 is 4.42 Å². The second kappa shape index (κ2) is 6.06. The molecule has 1 aliphatic rings. The maximum absolute atomic E-state index is 12.6. The predicted octanol–water partition coefficient (Wildman–Crippen LogP) is 4.60. The summed E-state index contributed by atoms with van der Waals surface area (Å²) in [5, 5.41) is 0.269. The molecule has 1 aromatic heterocycles. The highest BCUT2D eigenvalue weighted by molar-refractivity contribution is 7.89. The van der Waals surface area contributed by atoms with E-state index in [1.807, 2.05) is 0 Å². The normalized spacial score (nSPS) is 18.2. The summed E-state index contributed by atoms with van der Waals surface area (Å²) in [6, 6.07) is 4.14. The molecule has 1 unspecified atom stereocenters. The molecule has 3 rings (SSSR count). The smallest absolute Gasteiger partial charge is 0.244 e. The molecule has 2 aromatic rings. The topological polar surface area (TPSA) is 59.3 Å². The van der Waals surface area contributed by atoms with Crippen molar-refractivity contribution in [3.63, 3.8) is 0 Å². The first-order chi connectivity index (χ1) is 10.4. The van der Waals surface area contributed by atoms with Crippen LogP contribution in [0.1, 0.15) is 30.2 Å². The number of furan rings is 1. The van der Waals surface area contributed by atoms with Crippen LogP contribution in [0.5, 0.6) is 0 Å².